The van der Waals surface area contributed by atoms with E-state index in [1.807, 2.05) is 48.7 Å². The number of alkyl halides is 3. The number of rotatable bonds is 1. The van der Waals surface area contributed by atoms with Gasteiger partial charge in [0.05, 0.1) is 12.1 Å². The molecule has 2 aliphatic carbocycles. The zero-order valence-electron chi connectivity index (χ0n) is 15.5. The van der Waals surface area contributed by atoms with E-state index in [0.29, 0.717) is 17.6 Å². The van der Waals surface area contributed by atoms with Crippen molar-refractivity contribution in [3.8, 4) is 0 Å². The first-order valence-electron chi connectivity index (χ1n) is 9.20. The number of hydrogen-bond acceptors (Lipinski definition) is 3. The number of fused-ring (bicyclic) bond motifs is 3. The number of halogens is 3. The lowest BCUT2D eigenvalue weighted by Gasteiger charge is -2.20. The largest absolute Gasteiger partial charge is 0.416 e. The Morgan fingerprint density at radius 1 is 1.00 bits per heavy atom. The van der Waals surface area contributed by atoms with Crippen LogP contribution in [-0.2, 0) is 0 Å². The van der Waals surface area contributed by atoms with Crippen molar-refractivity contribution in [1.29, 1.82) is 0 Å². The molecule has 0 fully saturated rings. The van der Waals surface area contributed by atoms with E-state index >= 15 is 0 Å². The normalized spacial score (nSPS) is 21.0. The lowest BCUT2D eigenvalue weighted by atomic mass is 10.1. The van der Waals surface area contributed by atoms with Crippen molar-refractivity contribution in [2.75, 3.05) is 6.54 Å². The Morgan fingerprint density at radius 3 is 2.55 bits per heavy atom. The maximum Gasteiger partial charge on any atom is 0.416 e. The SMILES string of the molecule is Cc1ccc(C2=NCC3=CC(C(F)(F)F)=CC4=C5SC=CC=C5CC4=C3S2)cc1. The first kappa shape index (κ1) is 18.8. The minimum Gasteiger partial charge on any atom is -0.273 e. The summed E-state index contributed by atoms with van der Waals surface area (Å²) >= 11 is 2.99. The molecule has 29 heavy (non-hydrogen) atoms. The minimum atomic E-state index is -4.39. The molecule has 1 aromatic carbocycles. The summed E-state index contributed by atoms with van der Waals surface area (Å²) < 4.78 is 41.1. The van der Waals surface area contributed by atoms with Crippen molar-refractivity contribution < 1.29 is 13.2 Å². The quantitative estimate of drug-likeness (QED) is 0.478. The Kier molecular flexibility index (Phi) is 4.51. The molecule has 2 aliphatic heterocycles. The smallest absolute Gasteiger partial charge is 0.273 e. The van der Waals surface area contributed by atoms with Crippen LogP contribution in [0.4, 0.5) is 13.2 Å². The average molecular weight is 428 g/mol. The van der Waals surface area contributed by atoms with E-state index in [1.54, 1.807) is 0 Å². The summed E-state index contributed by atoms with van der Waals surface area (Å²) in [6.45, 7) is 2.29. The fraction of sp³-hybridized carbons (Fsp3) is 0.174. The molecule has 0 atom stereocenters. The molecule has 0 aromatic heterocycles. The van der Waals surface area contributed by atoms with Crippen LogP contribution < -0.4 is 0 Å². The Morgan fingerprint density at radius 2 is 1.79 bits per heavy atom. The van der Waals surface area contributed by atoms with Gasteiger partial charge in [0, 0.05) is 21.8 Å². The van der Waals surface area contributed by atoms with E-state index in [2.05, 4.69) is 4.99 Å². The maximum absolute atomic E-state index is 13.7. The molecule has 6 heteroatoms. The van der Waals surface area contributed by atoms with Crippen molar-refractivity contribution in [2.45, 2.75) is 19.5 Å². The van der Waals surface area contributed by atoms with E-state index in [1.165, 1.54) is 35.7 Å². The minimum absolute atomic E-state index is 0.259. The number of thioether (sulfide) groups is 2. The molecule has 0 saturated heterocycles. The molecular weight excluding hydrogens is 411 g/mol. The zero-order chi connectivity index (χ0) is 20.2. The van der Waals surface area contributed by atoms with E-state index in [9.17, 15) is 13.2 Å². The Balaban J connectivity index is 1.66. The molecule has 146 valence electrons. The highest BCUT2D eigenvalue weighted by atomic mass is 32.2. The van der Waals surface area contributed by atoms with Crippen LogP contribution in [0.5, 0.6) is 0 Å². The van der Waals surface area contributed by atoms with Crippen molar-refractivity contribution in [3.63, 3.8) is 0 Å². The summed E-state index contributed by atoms with van der Waals surface area (Å²) in [5.41, 5.74) is 4.99. The molecule has 4 aliphatic rings. The van der Waals surface area contributed by atoms with E-state index < -0.39 is 11.7 Å². The lowest BCUT2D eigenvalue weighted by Crippen LogP contribution is -2.12. The Hall–Kier alpha value is -2.18. The molecule has 0 amide bonds. The van der Waals surface area contributed by atoms with Gasteiger partial charge in [0.25, 0.3) is 0 Å². The van der Waals surface area contributed by atoms with E-state index in [0.717, 1.165) is 37.1 Å². The van der Waals surface area contributed by atoms with Crippen molar-refractivity contribution in [3.05, 3.63) is 103 Å². The van der Waals surface area contributed by atoms with Crippen LogP contribution in [0, 0.1) is 6.92 Å². The molecule has 0 saturated carbocycles. The Bertz CT molecular complexity index is 1120. The Labute approximate surface area is 175 Å². The molecular formula is C23H16F3NS2. The molecule has 0 N–H and O–H groups in total. The number of benzene rings is 1. The predicted molar refractivity (Wildman–Crippen MR) is 116 cm³/mol. The summed E-state index contributed by atoms with van der Waals surface area (Å²) in [5.74, 6) is 0. The summed E-state index contributed by atoms with van der Waals surface area (Å²) in [6.07, 6.45) is 2.83. The van der Waals surface area contributed by atoms with Gasteiger partial charge in [-0.1, -0.05) is 65.5 Å². The fourth-order valence-electron chi connectivity index (χ4n) is 3.75. The second-order valence-corrected chi connectivity index (χ2v) is 9.14. The van der Waals surface area contributed by atoms with Crippen molar-refractivity contribution in [1.82, 2.24) is 0 Å². The van der Waals surface area contributed by atoms with Crippen LogP contribution in [0.1, 0.15) is 17.5 Å². The molecule has 1 nitrogen and oxygen atoms in total. The summed E-state index contributed by atoms with van der Waals surface area (Å²) in [5, 5.41) is 2.78. The standard InChI is InChI=1S/C23H16F3NS2/c1-13-4-6-14(7-5-13)22-27-12-16-9-17(23(24,25)26)11-19-18(21(16)29-22)10-15-3-2-8-28-20(15)19/h2-9,11H,10,12H2,1H3. The van der Waals surface area contributed by atoms with Gasteiger partial charge in [-0.05, 0) is 46.8 Å². The molecule has 0 radical (unpaired) electrons. The van der Waals surface area contributed by atoms with Crippen LogP contribution in [-0.4, -0.2) is 17.8 Å². The third-order valence-electron chi connectivity index (χ3n) is 5.20. The molecule has 0 spiro atoms. The third-order valence-corrected chi connectivity index (χ3v) is 7.49. The second kappa shape index (κ2) is 6.96. The highest BCUT2D eigenvalue weighted by Crippen LogP contribution is 2.52. The first-order valence-corrected chi connectivity index (χ1v) is 10.9. The molecule has 0 unspecified atom stereocenters. The topological polar surface area (TPSA) is 12.4 Å². The maximum atomic E-state index is 13.7. The lowest BCUT2D eigenvalue weighted by molar-refractivity contribution is -0.0882. The van der Waals surface area contributed by atoms with E-state index in [-0.39, 0.29) is 6.54 Å². The van der Waals surface area contributed by atoms with Gasteiger partial charge in [0.2, 0.25) is 0 Å². The van der Waals surface area contributed by atoms with Gasteiger partial charge < -0.3 is 0 Å². The van der Waals surface area contributed by atoms with Crippen LogP contribution in [0.3, 0.4) is 0 Å². The number of aryl methyl sites for hydroxylation is 1. The molecule has 0 bridgehead atoms. The molecule has 2 heterocycles. The third kappa shape index (κ3) is 3.38. The van der Waals surface area contributed by atoms with Gasteiger partial charge in [0.1, 0.15) is 5.04 Å². The number of hydrogen-bond donors (Lipinski definition) is 0. The average Bonchev–Trinajstić information content (AvgIpc) is 2.97. The van der Waals surface area contributed by atoms with Crippen LogP contribution in [0.25, 0.3) is 0 Å². The van der Waals surface area contributed by atoms with Gasteiger partial charge in [-0.15, -0.1) is 0 Å². The van der Waals surface area contributed by atoms with Gasteiger partial charge in [-0.3, -0.25) is 4.99 Å². The summed E-state index contributed by atoms with van der Waals surface area (Å²) in [6, 6.07) is 8.10. The van der Waals surface area contributed by atoms with E-state index in [4.69, 9.17) is 0 Å². The van der Waals surface area contributed by atoms with Gasteiger partial charge in [-0.2, -0.15) is 13.2 Å². The summed E-state index contributed by atoms with van der Waals surface area (Å²) in [4.78, 5) is 6.47. The monoisotopic (exact) mass is 427 g/mol. The van der Waals surface area contributed by atoms with Gasteiger partial charge >= 0.3 is 6.18 Å². The van der Waals surface area contributed by atoms with Gasteiger partial charge in [0.15, 0.2) is 0 Å². The highest BCUT2D eigenvalue weighted by Gasteiger charge is 2.38. The number of allylic oxidation sites excluding steroid dienone is 8. The van der Waals surface area contributed by atoms with Gasteiger partial charge in [-0.25, -0.2) is 0 Å². The van der Waals surface area contributed by atoms with Crippen molar-refractivity contribution in [2.24, 2.45) is 4.99 Å². The fourth-order valence-corrected chi connectivity index (χ4v) is 5.78. The summed E-state index contributed by atoms with van der Waals surface area (Å²) in [7, 11) is 0. The van der Waals surface area contributed by atoms with Crippen molar-refractivity contribution >= 4 is 28.6 Å². The predicted octanol–water partition coefficient (Wildman–Crippen LogP) is 7.02. The first-order chi connectivity index (χ1) is 13.9. The second-order valence-electron chi connectivity index (χ2n) is 7.22. The zero-order valence-corrected chi connectivity index (χ0v) is 17.1. The molecule has 5 rings (SSSR count). The van der Waals surface area contributed by atoms with Crippen LogP contribution in [0.15, 0.2) is 96.6 Å². The number of nitrogens with zero attached hydrogens (tertiary/aromatic N) is 1. The number of aliphatic imine (C=N–C) groups is 1. The highest BCUT2D eigenvalue weighted by molar-refractivity contribution is 8.18. The molecule has 1 aromatic rings. The van der Waals surface area contributed by atoms with Crippen LogP contribution in [0.2, 0.25) is 0 Å². The van der Waals surface area contributed by atoms with Crippen LogP contribution >= 0.6 is 23.5 Å².